The van der Waals surface area contributed by atoms with E-state index in [-0.39, 0.29) is 18.8 Å². The van der Waals surface area contributed by atoms with E-state index in [4.69, 9.17) is 4.74 Å². The number of carbonyl (C=O) groups excluding carboxylic acids is 1. The molecule has 0 aromatic carbocycles. The zero-order chi connectivity index (χ0) is 18.3. The van der Waals surface area contributed by atoms with Crippen molar-refractivity contribution in [2.24, 2.45) is 0 Å². The van der Waals surface area contributed by atoms with E-state index in [0.717, 1.165) is 4.57 Å². The van der Waals surface area contributed by atoms with Crippen LogP contribution in [0.2, 0.25) is 0 Å². The van der Waals surface area contributed by atoms with E-state index in [0.29, 0.717) is 0 Å². The maximum Gasteiger partial charge on any atom is 0.451 e. The van der Waals surface area contributed by atoms with Crippen molar-refractivity contribution in [1.82, 2.24) is 19.7 Å². The van der Waals surface area contributed by atoms with Crippen LogP contribution >= 0.6 is 0 Å². The van der Waals surface area contributed by atoms with E-state index in [9.17, 15) is 18.0 Å². The molecule has 0 N–H and O–H groups in total. The lowest BCUT2D eigenvalue weighted by molar-refractivity contribution is -0.148. The third kappa shape index (κ3) is 3.54. The average molecular weight is 346 g/mol. The first-order valence-corrected chi connectivity index (χ1v) is 7.58. The summed E-state index contributed by atoms with van der Waals surface area (Å²) in [7, 11) is 0. The lowest BCUT2D eigenvalue weighted by atomic mass is 10.1. The average Bonchev–Trinajstić information content (AvgIpc) is 2.85. The number of hydrogen-bond donors (Lipinski definition) is 0. The van der Waals surface area contributed by atoms with E-state index in [1.807, 2.05) is 0 Å². The van der Waals surface area contributed by atoms with Gasteiger partial charge < -0.3 is 9.30 Å². The molecule has 1 aliphatic heterocycles. The minimum Gasteiger partial charge on any atom is -0.444 e. The second-order valence-electron chi connectivity index (χ2n) is 6.77. The molecule has 134 valence electrons. The highest BCUT2D eigenvalue weighted by atomic mass is 19.4. The van der Waals surface area contributed by atoms with Gasteiger partial charge in [-0.2, -0.15) is 13.2 Å². The highest BCUT2D eigenvalue weighted by molar-refractivity contribution is 5.69. The van der Waals surface area contributed by atoms with Crippen LogP contribution in [0.3, 0.4) is 0 Å². The fourth-order valence-electron chi connectivity index (χ4n) is 2.70. The topological polar surface area (TPSA) is 60.2 Å². The zero-order valence-corrected chi connectivity index (χ0v) is 14.1. The first-order chi connectivity index (χ1) is 11.0. The first kappa shape index (κ1) is 18.3. The Hall–Kier alpha value is -2.06. The van der Waals surface area contributed by atoms with Crippen LogP contribution in [-0.4, -0.2) is 37.9 Å². The fourth-order valence-corrected chi connectivity index (χ4v) is 2.70. The second-order valence-corrected chi connectivity index (χ2v) is 6.77. The lowest BCUT2D eigenvalue weighted by Crippen LogP contribution is -2.46. The molecule has 2 rings (SSSR count). The molecule has 0 saturated heterocycles. The minimum absolute atomic E-state index is 0.0710. The standard InChI is InChI=1S/C15H21F3N4O2/c1-6-7-10-11-19-20-12(15(16,17)18)22(11)9(2)8-21(10)13(23)24-14(3,4)5/h6,9-10H,1,7-8H2,2-5H3. The van der Waals surface area contributed by atoms with Gasteiger partial charge in [0.15, 0.2) is 5.82 Å². The molecule has 1 amide bonds. The predicted octanol–water partition coefficient (Wildman–Crippen LogP) is 3.73. The molecular formula is C15H21F3N4O2. The third-order valence-electron chi connectivity index (χ3n) is 3.57. The van der Waals surface area contributed by atoms with E-state index in [1.54, 1.807) is 27.7 Å². The molecule has 0 bridgehead atoms. The van der Waals surface area contributed by atoms with Gasteiger partial charge in [-0.25, -0.2) is 4.79 Å². The van der Waals surface area contributed by atoms with E-state index in [2.05, 4.69) is 16.8 Å². The maximum atomic E-state index is 13.1. The summed E-state index contributed by atoms with van der Waals surface area (Å²) in [6.07, 6.45) is -3.41. The number of hydrogen-bond acceptors (Lipinski definition) is 4. The molecule has 1 aliphatic rings. The lowest BCUT2D eigenvalue weighted by Gasteiger charge is -2.39. The van der Waals surface area contributed by atoms with Crippen LogP contribution in [-0.2, 0) is 10.9 Å². The van der Waals surface area contributed by atoms with Crippen LogP contribution < -0.4 is 0 Å². The van der Waals surface area contributed by atoms with Gasteiger partial charge in [0.2, 0.25) is 5.82 Å². The Bertz CT molecular complexity index is 634. The summed E-state index contributed by atoms with van der Waals surface area (Å²) in [6.45, 7) is 10.5. The van der Waals surface area contributed by atoms with Crippen LogP contribution in [0, 0.1) is 0 Å². The minimum atomic E-state index is -4.60. The van der Waals surface area contributed by atoms with Crippen molar-refractivity contribution in [3.8, 4) is 0 Å². The molecule has 2 atom stereocenters. The van der Waals surface area contributed by atoms with Gasteiger partial charge in [0.1, 0.15) is 5.60 Å². The van der Waals surface area contributed by atoms with Crippen molar-refractivity contribution in [2.75, 3.05) is 6.54 Å². The Balaban J connectivity index is 2.44. The Labute approximate surface area is 138 Å². The van der Waals surface area contributed by atoms with Crippen molar-refractivity contribution in [2.45, 2.75) is 58.0 Å². The van der Waals surface area contributed by atoms with Crippen molar-refractivity contribution in [1.29, 1.82) is 0 Å². The summed E-state index contributed by atoms with van der Waals surface area (Å²) >= 11 is 0. The second kappa shape index (κ2) is 6.10. The van der Waals surface area contributed by atoms with Gasteiger partial charge in [-0.3, -0.25) is 4.90 Å². The van der Waals surface area contributed by atoms with Crippen LogP contribution in [0.4, 0.5) is 18.0 Å². The number of nitrogens with zero attached hydrogens (tertiary/aromatic N) is 4. The number of aromatic nitrogens is 3. The Morgan fingerprint density at radius 3 is 2.50 bits per heavy atom. The summed E-state index contributed by atoms with van der Waals surface area (Å²) in [5.74, 6) is -0.963. The Morgan fingerprint density at radius 1 is 1.38 bits per heavy atom. The summed E-state index contributed by atoms with van der Waals surface area (Å²) in [4.78, 5) is 13.8. The SMILES string of the molecule is C=CCC1c2nnc(C(F)(F)F)n2C(C)CN1C(=O)OC(C)(C)C. The summed E-state index contributed by atoms with van der Waals surface area (Å²) in [6, 6.07) is -1.32. The van der Waals surface area contributed by atoms with Gasteiger partial charge in [0.05, 0.1) is 12.1 Å². The van der Waals surface area contributed by atoms with Gasteiger partial charge >= 0.3 is 12.3 Å². The van der Waals surface area contributed by atoms with E-state index >= 15 is 0 Å². The molecule has 0 saturated carbocycles. The molecule has 2 unspecified atom stereocenters. The Kier molecular flexibility index (Phi) is 4.65. The van der Waals surface area contributed by atoms with Crippen LogP contribution in [0.25, 0.3) is 0 Å². The maximum absolute atomic E-state index is 13.1. The quantitative estimate of drug-likeness (QED) is 0.766. The molecule has 2 heterocycles. The van der Waals surface area contributed by atoms with Crippen LogP contribution in [0.1, 0.15) is 57.8 Å². The van der Waals surface area contributed by atoms with Crippen molar-refractivity contribution in [3.63, 3.8) is 0 Å². The van der Waals surface area contributed by atoms with Crippen LogP contribution in [0.15, 0.2) is 12.7 Å². The number of amides is 1. The smallest absolute Gasteiger partial charge is 0.444 e. The molecule has 1 aromatic heterocycles. The van der Waals surface area contributed by atoms with Gasteiger partial charge in [0, 0.05) is 6.54 Å². The van der Waals surface area contributed by atoms with Gasteiger partial charge in [-0.15, -0.1) is 16.8 Å². The molecule has 0 radical (unpaired) electrons. The molecule has 6 nitrogen and oxygen atoms in total. The normalized spacial score (nSPS) is 21.4. The fraction of sp³-hybridized carbons (Fsp3) is 0.667. The summed E-state index contributed by atoms with van der Waals surface area (Å²) in [5.41, 5.74) is -0.707. The zero-order valence-electron chi connectivity index (χ0n) is 14.1. The van der Waals surface area contributed by atoms with E-state index in [1.165, 1.54) is 11.0 Å². The van der Waals surface area contributed by atoms with Gasteiger partial charge in [0.25, 0.3) is 0 Å². The summed E-state index contributed by atoms with van der Waals surface area (Å²) in [5, 5.41) is 6.99. The van der Waals surface area contributed by atoms with Crippen molar-refractivity contribution >= 4 is 6.09 Å². The number of carbonyl (C=O) groups is 1. The molecule has 24 heavy (non-hydrogen) atoms. The van der Waals surface area contributed by atoms with Crippen LogP contribution in [0.5, 0.6) is 0 Å². The number of ether oxygens (including phenoxy) is 1. The number of alkyl halides is 3. The first-order valence-electron chi connectivity index (χ1n) is 7.58. The highest BCUT2D eigenvalue weighted by Gasteiger charge is 2.45. The third-order valence-corrected chi connectivity index (χ3v) is 3.57. The van der Waals surface area contributed by atoms with Gasteiger partial charge in [-0.05, 0) is 34.1 Å². The largest absolute Gasteiger partial charge is 0.451 e. The van der Waals surface area contributed by atoms with E-state index < -0.39 is 35.8 Å². The number of halogens is 3. The summed E-state index contributed by atoms with van der Waals surface area (Å²) < 4.78 is 45.8. The highest BCUT2D eigenvalue weighted by Crippen LogP contribution is 2.38. The van der Waals surface area contributed by atoms with Crippen molar-refractivity contribution < 1.29 is 22.7 Å². The number of rotatable bonds is 2. The Morgan fingerprint density at radius 2 is 2.00 bits per heavy atom. The molecular weight excluding hydrogens is 325 g/mol. The molecule has 1 aromatic rings. The molecule has 0 fully saturated rings. The molecule has 9 heteroatoms. The van der Waals surface area contributed by atoms with Crippen molar-refractivity contribution in [3.05, 3.63) is 24.3 Å². The predicted molar refractivity (Wildman–Crippen MR) is 80.2 cm³/mol. The monoisotopic (exact) mass is 346 g/mol. The molecule has 0 spiro atoms. The molecule has 0 aliphatic carbocycles. The number of fused-ring (bicyclic) bond motifs is 1. The van der Waals surface area contributed by atoms with Gasteiger partial charge in [-0.1, -0.05) is 6.08 Å².